The van der Waals surface area contributed by atoms with E-state index in [0.717, 1.165) is 17.1 Å². The van der Waals surface area contributed by atoms with Crippen molar-refractivity contribution in [3.63, 3.8) is 0 Å². The van der Waals surface area contributed by atoms with Crippen molar-refractivity contribution in [3.05, 3.63) is 199 Å². The van der Waals surface area contributed by atoms with Crippen molar-refractivity contribution in [1.29, 1.82) is 0 Å². The standard InChI is InChI=1S/C50H33NS2/c1-50(42-17-8-5-14-37(42)38-15-6-9-18-43(38)50)44-19-11-21-47-49(44)41-30-35(27-29-46(41)52-47)51(34-24-22-33(23-25-34)32-12-3-2-4-13-32)36-26-28-40-39-16-7-10-20-45(39)53-48(40)31-36/h2-31H,1H3. The van der Waals surface area contributed by atoms with Gasteiger partial charge in [-0.05, 0) is 100 Å². The molecule has 0 fully saturated rings. The zero-order chi connectivity index (χ0) is 35.1. The van der Waals surface area contributed by atoms with Gasteiger partial charge in [0.25, 0.3) is 0 Å². The zero-order valence-corrected chi connectivity index (χ0v) is 30.7. The number of anilines is 3. The van der Waals surface area contributed by atoms with Gasteiger partial charge in [0.15, 0.2) is 0 Å². The van der Waals surface area contributed by atoms with Crippen molar-refractivity contribution >= 4 is 80.1 Å². The molecule has 10 aromatic rings. The van der Waals surface area contributed by atoms with E-state index in [-0.39, 0.29) is 5.41 Å². The molecule has 1 nitrogen and oxygen atoms in total. The van der Waals surface area contributed by atoms with Crippen LogP contribution in [0.2, 0.25) is 0 Å². The van der Waals surface area contributed by atoms with E-state index in [1.807, 2.05) is 22.7 Å². The van der Waals surface area contributed by atoms with Crippen LogP contribution in [-0.4, -0.2) is 0 Å². The van der Waals surface area contributed by atoms with Crippen molar-refractivity contribution in [3.8, 4) is 22.3 Å². The van der Waals surface area contributed by atoms with Gasteiger partial charge in [-0.1, -0.05) is 127 Å². The first-order valence-electron chi connectivity index (χ1n) is 18.2. The van der Waals surface area contributed by atoms with Gasteiger partial charge in [-0.15, -0.1) is 22.7 Å². The number of fused-ring (bicyclic) bond motifs is 9. The summed E-state index contributed by atoms with van der Waals surface area (Å²) >= 11 is 3.76. The molecule has 2 aromatic heterocycles. The molecule has 0 bridgehead atoms. The summed E-state index contributed by atoms with van der Waals surface area (Å²) in [6.45, 7) is 2.43. The fourth-order valence-corrected chi connectivity index (χ4v) is 11.1. The Labute approximate surface area is 316 Å². The van der Waals surface area contributed by atoms with Crippen LogP contribution < -0.4 is 4.90 Å². The van der Waals surface area contributed by atoms with Crippen LogP contribution in [0.5, 0.6) is 0 Å². The fraction of sp³-hybridized carbons (Fsp3) is 0.0400. The summed E-state index contributed by atoms with van der Waals surface area (Å²) in [7, 11) is 0. The van der Waals surface area contributed by atoms with Gasteiger partial charge in [0.1, 0.15) is 0 Å². The molecule has 0 spiro atoms. The molecule has 0 N–H and O–H groups in total. The highest BCUT2D eigenvalue weighted by atomic mass is 32.1. The smallest absolute Gasteiger partial charge is 0.0476 e. The monoisotopic (exact) mass is 711 g/mol. The summed E-state index contributed by atoms with van der Waals surface area (Å²) in [5.74, 6) is 0. The van der Waals surface area contributed by atoms with E-state index >= 15 is 0 Å². The second kappa shape index (κ2) is 11.8. The minimum absolute atomic E-state index is 0.282. The summed E-state index contributed by atoms with van der Waals surface area (Å²) in [5.41, 5.74) is 12.4. The molecular formula is C50H33NS2. The first-order chi connectivity index (χ1) is 26.1. The van der Waals surface area contributed by atoms with Crippen LogP contribution in [0.15, 0.2) is 182 Å². The number of rotatable bonds is 5. The minimum atomic E-state index is -0.282. The highest BCUT2D eigenvalue weighted by molar-refractivity contribution is 7.26. The van der Waals surface area contributed by atoms with Crippen LogP contribution in [0, 0.1) is 0 Å². The van der Waals surface area contributed by atoms with E-state index in [0.29, 0.717) is 0 Å². The molecule has 1 aliphatic carbocycles. The lowest BCUT2D eigenvalue weighted by atomic mass is 9.73. The largest absolute Gasteiger partial charge is 0.310 e. The maximum absolute atomic E-state index is 2.44. The van der Waals surface area contributed by atoms with Crippen molar-refractivity contribution in [2.45, 2.75) is 12.3 Å². The lowest BCUT2D eigenvalue weighted by Gasteiger charge is -2.29. The van der Waals surface area contributed by atoms with Crippen LogP contribution in [0.1, 0.15) is 23.6 Å². The second-order valence-electron chi connectivity index (χ2n) is 14.2. The van der Waals surface area contributed by atoms with Crippen LogP contribution in [-0.2, 0) is 5.41 Å². The number of hydrogen-bond donors (Lipinski definition) is 0. The van der Waals surface area contributed by atoms with E-state index in [9.17, 15) is 0 Å². The van der Waals surface area contributed by atoms with Crippen LogP contribution in [0.4, 0.5) is 17.1 Å². The molecule has 3 heteroatoms. The Morgan fingerprint density at radius 3 is 1.72 bits per heavy atom. The van der Waals surface area contributed by atoms with Gasteiger partial charge in [-0.2, -0.15) is 0 Å². The quantitative estimate of drug-likeness (QED) is 0.172. The summed E-state index contributed by atoms with van der Waals surface area (Å²) in [6.07, 6.45) is 0. The van der Waals surface area contributed by atoms with Crippen molar-refractivity contribution < 1.29 is 0 Å². The molecule has 0 amide bonds. The highest BCUT2D eigenvalue weighted by Gasteiger charge is 2.41. The molecular weight excluding hydrogens is 679 g/mol. The lowest BCUT2D eigenvalue weighted by molar-refractivity contribution is 0.722. The van der Waals surface area contributed by atoms with Gasteiger partial charge in [0.2, 0.25) is 0 Å². The summed E-state index contributed by atoms with van der Waals surface area (Å²) < 4.78 is 5.24. The van der Waals surface area contributed by atoms with Gasteiger partial charge in [-0.25, -0.2) is 0 Å². The molecule has 0 atom stereocenters. The average molecular weight is 712 g/mol. The minimum Gasteiger partial charge on any atom is -0.310 e. The topological polar surface area (TPSA) is 3.24 Å². The lowest BCUT2D eigenvalue weighted by Crippen LogP contribution is -2.22. The van der Waals surface area contributed by atoms with Gasteiger partial charge >= 0.3 is 0 Å². The Hall–Kier alpha value is -6.00. The SMILES string of the molecule is CC1(c2cccc3sc4ccc(N(c5ccc(-c6ccccc6)cc5)c5ccc6c(c5)sc5ccccc56)cc4c23)c2ccccc2-c2ccccc21. The van der Waals surface area contributed by atoms with Crippen LogP contribution >= 0.6 is 22.7 Å². The average Bonchev–Trinajstić information content (AvgIpc) is 3.87. The fourth-order valence-electron chi connectivity index (χ4n) is 8.85. The molecule has 1 aliphatic rings. The van der Waals surface area contributed by atoms with Crippen molar-refractivity contribution in [1.82, 2.24) is 0 Å². The zero-order valence-electron chi connectivity index (χ0n) is 29.1. The maximum atomic E-state index is 2.44. The molecule has 0 radical (unpaired) electrons. The Morgan fingerprint density at radius 1 is 0.377 bits per heavy atom. The second-order valence-corrected chi connectivity index (χ2v) is 16.4. The molecule has 11 rings (SSSR count). The Kier molecular flexibility index (Phi) is 6.79. The van der Waals surface area contributed by atoms with Gasteiger partial charge in [0.05, 0.1) is 0 Å². The first-order valence-corrected chi connectivity index (χ1v) is 19.8. The van der Waals surface area contributed by atoms with E-state index in [2.05, 4.69) is 194 Å². The first kappa shape index (κ1) is 30.6. The van der Waals surface area contributed by atoms with Gasteiger partial charge in [-0.3, -0.25) is 0 Å². The normalized spacial score (nSPS) is 13.2. The number of nitrogens with zero attached hydrogens (tertiary/aromatic N) is 1. The number of hydrogen-bond acceptors (Lipinski definition) is 3. The van der Waals surface area contributed by atoms with Gasteiger partial charge < -0.3 is 4.90 Å². The van der Waals surface area contributed by atoms with E-state index in [1.54, 1.807) is 0 Å². The molecule has 250 valence electrons. The maximum Gasteiger partial charge on any atom is 0.0476 e. The molecule has 2 heterocycles. The predicted molar refractivity (Wildman–Crippen MR) is 230 cm³/mol. The molecule has 8 aromatic carbocycles. The third kappa shape index (κ3) is 4.61. The van der Waals surface area contributed by atoms with Crippen molar-refractivity contribution in [2.75, 3.05) is 4.90 Å². The molecule has 0 aliphatic heterocycles. The Balaban J connectivity index is 1.13. The molecule has 0 saturated heterocycles. The predicted octanol–water partition coefficient (Wildman–Crippen LogP) is 14.9. The van der Waals surface area contributed by atoms with E-state index < -0.39 is 0 Å². The highest BCUT2D eigenvalue weighted by Crippen LogP contribution is 2.55. The van der Waals surface area contributed by atoms with E-state index in [1.165, 1.54) is 79.3 Å². The van der Waals surface area contributed by atoms with E-state index in [4.69, 9.17) is 0 Å². The summed E-state index contributed by atoms with van der Waals surface area (Å²) in [4.78, 5) is 2.44. The third-order valence-corrected chi connectivity index (χ3v) is 13.6. The Bertz CT molecular complexity index is 2980. The van der Waals surface area contributed by atoms with Gasteiger partial charge in [0, 0.05) is 62.8 Å². The van der Waals surface area contributed by atoms with Crippen molar-refractivity contribution in [2.24, 2.45) is 0 Å². The Morgan fingerprint density at radius 2 is 0.925 bits per heavy atom. The summed E-state index contributed by atoms with van der Waals surface area (Å²) in [5, 5.41) is 5.28. The third-order valence-electron chi connectivity index (χ3n) is 11.4. The molecule has 0 saturated carbocycles. The summed E-state index contributed by atoms with van der Waals surface area (Å²) in [6, 6.07) is 67.4. The number of thiophene rings is 2. The van der Waals surface area contributed by atoms with Crippen LogP contribution in [0.25, 0.3) is 62.6 Å². The number of benzene rings is 8. The van der Waals surface area contributed by atoms with Crippen LogP contribution in [0.3, 0.4) is 0 Å². The molecule has 53 heavy (non-hydrogen) atoms. The molecule has 0 unspecified atom stereocenters.